The largest absolute Gasteiger partial charge is 0.456 e. The molecule has 9 aromatic rings. The molecule has 9 rings (SSSR count). The lowest BCUT2D eigenvalue weighted by atomic mass is 9.85. The Kier molecular flexibility index (Phi) is 5.89. The summed E-state index contributed by atoms with van der Waals surface area (Å²) >= 11 is 0. The van der Waals surface area contributed by atoms with Gasteiger partial charge >= 0.3 is 0 Å². The van der Waals surface area contributed by atoms with Crippen LogP contribution in [0.3, 0.4) is 0 Å². The Balaban J connectivity index is 1.18. The van der Waals surface area contributed by atoms with E-state index in [4.69, 9.17) is 4.42 Å². The Bertz CT molecular complexity index is 2440. The molecule has 0 spiro atoms. The van der Waals surface area contributed by atoms with Crippen molar-refractivity contribution in [2.45, 2.75) is 0 Å². The van der Waals surface area contributed by atoms with Crippen molar-refractivity contribution >= 4 is 43.5 Å². The van der Waals surface area contributed by atoms with Gasteiger partial charge in [-0.05, 0) is 84.3 Å². The van der Waals surface area contributed by atoms with Gasteiger partial charge in [-0.3, -0.25) is 0 Å². The number of hydrogen-bond donors (Lipinski definition) is 0. The van der Waals surface area contributed by atoms with E-state index in [-0.39, 0.29) is 0 Å². The van der Waals surface area contributed by atoms with Crippen molar-refractivity contribution in [3.05, 3.63) is 170 Å². The van der Waals surface area contributed by atoms with E-state index < -0.39 is 0 Å². The third-order valence-corrected chi connectivity index (χ3v) is 9.10. The topological polar surface area (TPSA) is 13.1 Å². The molecule has 0 N–H and O–H groups in total. The molecule has 0 amide bonds. The molecule has 45 heavy (non-hydrogen) atoms. The molecule has 0 saturated heterocycles. The first-order valence-electron chi connectivity index (χ1n) is 15.4. The summed E-state index contributed by atoms with van der Waals surface area (Å²) in [4.78, 5) is 0. The van der Waals surface area contributed by atoms with E-state index in [9.17, 15) is 0 Å². The van der Waals surface area contributed by atoms with Gasteiger partial charge in [0.05, 0.1) is 0 Å². The molecule has 1 nitrogen and oxygen atoms in total. The van der Waals surface area contributed by atoms with Gasteiger partial charge in [-0.25, -0.2) is 0 Å². The van der Waals surface area contributed by atoms with Crippen molar-refractivity contribution in [1.82, 2.24) is 0 Å². The van der Waals surface area contributed by atoms with Crippen LogP contribution in [0.4, 0.5) is 0 Å². The second kappa shape index (κ2) is 10.4. The van der Waals surface area contributed by atoms with Crippen molar-refractivity contribution in [2.75, 3.05) is 0 Å². The van der Waals surface area contributed by atoms with Crippen molar-refractivity contribution in [1.29, 1.82) is 0 Å². The molecule has 0 aliphatic carbocycles. The molecule has 0 atom stereocenters. The maximum absolute atomic E-state index is 6.07. The van der Waals surface area contributed by atoms with Crippen LogP contribution in [0, 0.1) is 0 Å². The molecule has 0 bridgehead atoms. The van der Waals surface area contributed by atoms with Crippen LogP contribution >= 0.6 is 0 Å². The van der Waals surface area contributed by atoms with E-state index in [2.05, 4.69) is 158 Å². The van der Waals surface area contributed by atoms with Crippen molar-refractivity contribution in [3.8, 4) is 44.5 Å². The maximum Gasteiger partial charge on any atom is 0.135 e. The highest BCUT2D eigenvalue weighted by atomic mass is 16.3. The summed E-state index contributed by atoms with van der Waals surface area (Å²) in [5, 5.41) is 7.35. The molecule has 0 fully saturated rings. The fourth-order valence-corrected chi connectivity index (χ4v) is 6.95. The van der Waals surface area contributed by atoms with Gasteiger partial charge < -0.3 is 4.42 Å². The van der Waals surface area contributed by atoms with E-state index in [1.54, 1.807) is 0 Å². The van der Waals surface area contributed by atoms with Gasteiger partial charge in [0.2, 0.25) is 0 Å². The van der Waals surface area contributed by atoms with Gasteiger partial charge in [-0.15, -0.1) is 0 Å². The summed E-state index contributed by atoms with van der Waals surface area (Å²) in [6.45, 7) is 0. The van der Waals surface area contributed by atoms with Gasteiger partial charge in [0.1, 0.15) is 11.2 Å². The minimum atomic E-state index is 0.921. The Hall–Kier alpha value is -5.92. The first-order chi connectivity index (χ1) is 22.3. The summed E-state index contributed by atoms with van der Waals surface area (Å²) in [7, 11) is 0. The molecule has 210 valence electrons. The van der Waals surface area contributed by atoms with Crippen LogP contribution in [0.25, 0.3) is 88.0 Å². The van der Waals surface area contributed by atoms with Crippen molar-refractivity contribution in [2.24, 2.45) is 0 Å². The van der Waals surface area contributed by atoms with Gasteiger partial charge in [0, 0.05) is 10.8 Å². The number of furan rings is 1. The van der Waals surface area contributed by atoms with Crippen LogP contribution in [-0.2, 0) is 0 Å². The van der Waals surface area contributed by atoms with Gasteiger partial charge in [-0.2, -0.15) is 0 Å². The molecule has 8 aromatic carbocycles. The molecule has 1 heterocycles. The standard InChI is InChI=1S/C44H28O/c1-2-10-29(11-3-1)30-18-22-32(23-19-30)43-36-13-4-6-15-38(36)44(39-16-7-5-14-37(39)43)33-24-20-31(21-25-33)34-26-27-42-40(28-34)35-12-8-9-17-41(35)45-42/h1-28H. The second-order valence-corrected chi connectivity index (χ2v) is 11.7. The first kappa shape index (κ1) is 25.6. The minimum absolute atomic E-state index is 0.921. The minimum Gasteiger partial charge on any atom is -0.456 e. The summed E-state index contributed by atoms with van der Waals surface area (Å²) in [6.07, 6.45) is 0. The molecule has 0 aliphatic rings. The lowest BCUT2D eigenvalue weighted by molar-refractivity contribution is 0.669. The second-order valence-electron chi connectivity index (χ2n) is 11.7. The predicted octanol–water partition coefficient (Wildman–Crippen LogP) is 12.6. The van der Waals surface area contributed by atoms with Crippen LogP contribution < -0.4 is 0 Å². The Morgan fingerprint density at radius 1 is 0.244 bits per heavy atom. The number of benzene rings is 8. The third kappa shape index (κ3) is 4.24. The Morgan fingerprint density at radius 3 is 1.18 bits per heavy atom. The highest BCUT2D eigenvalue weighted by Crippen LogP contribution is 2.44. The molecular formula is C44H28O. The fraction of sp³-hybridized carbons (Fsp3) is 0. The molecule has 0 radical (unpaired) electrons. The summed E-state index contributed by atoms with van der Waals surface area (Å²) in [5.74, 6) is 0. The number of rotatable bonds is 4. The molecule has 0 saturated carbocycles. The van der Waals surface area contributed by atoms with E-state index >= 15 is 0 Å². The summed E-state index contributed by atoms with van der Waals surface area (Å²) in [6, 6.07) is 61.1. The fourth-order valence-electron chi connectivity index (χ4n) is 6.95. The zero-order valence-electron chi connectivity index (χ0n) is 24.6. The first-order valence-corrected chi connectivity index (χ1v) is 15.4. The highest BCUT2D eigenvalue weighted by molar-refractivity contribution is 6.21. The van der Waals surface area contributed by atoms with E-state index in [1.807, 2.05) is 12.1 Å². The lowest BCUT2D eigenvalue weighted by Crippen LogP contribution is -1.91. The molecule has 1 heteroatoms. The van der Waals surface area contributed by atoms with E-state index in [1.165, 1.54) is 66.1 Å². The number of fused-ring (bicyclic) bond motifs is 5. The van der Waals surface area contributed by atoms with Crippen LogP contribution in [0.15, 0.2) is 174 Å². The summed E-state index contributed by atoms with van der Waals surface area (Å²) < 4.78 is 6.07. The van der Waals surface area contributed by atoms with Gasteiger partial charge in [0.15, 0.2) is 0 Å². The van der Waals surface area contributed by atoms with Crippen molar-refractivity contribution < 1.29 is 4.42 Å². The Labute approximate surface area is 261 Å². The zero-order valence-corrected chi connectivity index (χ0v) is 24.6. The smallest absolute Gasteiger partial charge is 0.135 e. The quantitative estimate of drug-likeness (QED) is 0.191. The average Bonchev–Trinajstić information content (AvgIpc) is 3.49. The monoisotopic (exact) mass is 572 g/mol. The molecule has 0 aliphatic heterocycles. The molecular weight excluding hydrogens is 544 g/mol. The maximum atomic E-state index is 6.07. The van der Waals surface area contributed by atoms with Crippen molar-refractivity contribution in [3.63, 3.8) is 0 Å². The van der Waals surface area contributed by atoms with Crippen LogP contribution in [0.5, 0.6) is 0 Å². The van der Waals surface area contributed by atoms with Gasteiger partial charge in [-0.1, -0.05) is 152 Å². The molecule has 1 aromatic heterocycles. The van der Waals surface area contributed by atoms with Gasteiger partial charge in [0.25, 0.3) is 0 Å². The SMILES string of the molecule is c1ccc(-c2ccc(-c3c4ccccc4c(-c4ccc(-c5ccc6oc7ccccc7c6c5)cc4)c4ccccc34)cc2)cc1. The van der Waals surface area contributed by atoms with Crippen LogP contribution in [0.1, 0.15) is 0 Å². The van der Waals surface area contributed by atoms with Crippen LogP contribution in [0.2, 0.25) is 0 Å². The lowest BCUT2D eigenvalue weighted by Gasteiger charge is -2.18. The predicted molar refractivity (Wildman–Crippen MR) is 190 cm³/mol. The number of para-hydroxylation sites is 1. The molecule has 0 unspecified atom stereocenters. The van der Waals surface area contributed by atoms with E-state index in [0.717, 1.165) is 21.9 Å². The van der Waals surface area contributed by atoms with Crippen LogP contribution in [-0.4, -0.2) is 0 Å². The number of hydrogen-bond acceptors (Lipinski definition) is 1. The van der Waals surface area contributed by atoms with E-state index in [0.29, 0.717) is 0 Å². The Morgan fingerprint density at radius 2 is 0.622 bits per heavy atom. The zero-order chi connectivity index (χ0) is 29.7. The normalized spacial score (nSPS) is 11.6. The highest BCUT2D eigenvalue weighted by Gasteiger charge is 2.17. The third-order valence-electron chi connectivity index (χ3n) is 9.10. The average molecular weight is 573 g/mol. The summed E-state index contributed by atoms with van der Waals surface area (Å²) in [5.41, 5.74) is 11.7.